The summed E-state index contributed by atoms with van der Waals surface area (Å²) < 4.78 is 0.972. The van der Waals surface area contributed by atoms with Crippen molar-refractivity contribution in [2.24, 2.45) is 0 Å². The first kappa shape index (κ1) is 17.1. The van der Waals surface area contributed by atoms with Crippen LogP contribution in [0.4, 0.5) is 9.93 Å². The van der Waals surface area contributed by atoms with Crippen molar-refractivity contribution >= 4 is 32.7 Å². The second kappa shape index (κ2) is 7.51. The summed E-state index contributed by atoms with van der Waals surface area (Å²) in [6.45, 7) is 2.42. The first-order valence-electron chi connectivity index (χ1n) is 8.48. The average Bonchev–Trinajstić information content (AvgIpc) is 3.11. The van der Waals surface area contributed by atoms with E-state index in [-0.39, 0.29) is 6.03 Å². The molecular weight excluding hydrogens is 358 g/mol. The van der Waals surface area contributed by atoms with Crippen molar-refractivity contribution in [2.75, 3.05) is 11.9 Å². The highest BCUT2D eigenvalue weighted by Gasteiger charge is 2.15. The molecule has 133 valence electrons. The maximum Gasteiger partial charge on any atom is 0.321 e. The Balaban J connectivity index is 1.86. The summed E-state index contributed by atoms with van der Waals surface area (Å²) in [4.78, 5) is 25.0. The molecule has 6 nitrogen and oxygen atoms in total. The van der Waals surface area contributed by atoms with Crippen LogP contribution in [-0.2, 0) is 0 Å². The van der Waals surface area contributed by atoms with Gasteiger partial charge in [-0.15, -0.1) is 0 Å². The number of nitrogens with zero attached hydrogens (tertiary/aromatic N) is 3. The van der Waals surface area contributed by atoms with Gasteiger partial charge in [-0.1, -0.05) is 23.5 Å². The highest BCUT2D eigenvalue weighted by Crippen LogP contribution is 2.37. The molecule has 0 unspecified atom stereocenters. The fourth-order valence-corrected chi connectivity index (χ4v) is 3.72. The van der Waals surface area contributed by atoms with Crippen molar-refractivity contribution in [3.63, 3.8) is 0 Å². The second-order valence-electron chi connectivity index (χ2n) is 5.77. The van der Waals surface area contributed by atoms with Gasteiger partial charge in [0, 0.05) is 30.1 Å². The number of carbonyl (C=O) groups excluding carboxylic acids is 1. The molecule has 1 radical (unpaired) electrons. The van der Waals surface area contributed by atoms with E-state index in [0.717, 1.165) is 32.6 Å². The minimum absolute atomic E-state index is 0.265. The third kappa shape index (κ3) is 3.63. The SMILES string of the molecule is CCNC(=O)Nc1nc2cc(-c3cc[c]nc3)cc(-c3ccccn3)c2s1. The van der Waals surface area contributed by atoms with Crippen LogP contribution in [-0.4, -0.2) is 27.5 Å². The molecule has 0 aliphatic rings. The normalized spacial score (nSPS) is 10.7. The van der Waals surface area contributed by atoms with E-state index in [1.54, 1.807) is 18.5 Å². The van der Waals surface area contributed by atoms with Gasteiger partial charge in [-0.2, -0.15) is 0 Å². The Morgan fingerprint density at radius 3 is 2.89 bits per heavy atom. The maximum absolute atomic E-state index is 11.9. The molecule has 0 bridgehead atoms. The Morgan fingerprint density at radius 2 is 2.15 bits per heavy atom. The van der Waals surface area contributed by atoms with Gasteiger partial charge in [0.05, 0.1) is 22.1 Å². The van der Waals surface area contributed by atoms with E-state index in [2.05, 4.69) is 37.8 Å². The van der Waals surface area contributed by atoms with E-state index in [4.69, 9.17) is 0 Å². The van der Waals surface area contributed by atoms with Gasteiger partial charge in [-0.3, -0.25) is 15.3 Å². The first-order chi connectivity index (χ1) is 13.2. The molecule has 0 saturated carbocycles. The van der Waals surface area contributed by atoms with Crippen molar-refractivity contribution in [3.8, 4) is 22.4 Å². The zero-order valence-electron chi connectivity index (χ0n) is 14.6. The van der Waals surface area contributed by atoms with Crippen molar-refractivity contribution in [2.45, 2.75) is 6.92 Å². The number of fused-ring (bicyclic) bond motifs is 1. The Labute approximate surface area is 160 Å². The van der Waals surface area contributed by atoms with Gasteiger partial charge in [-0.05, 0) is 42.8 Å². The number of thiazole rings is 1. The maximum atomic E-state index is 11.9. The fourth-order valence-electron chi connectivity index (χ4n) is 2.76. The zero-order valence-corrected chi connectivity index (χ0v) is 15.4. The number of amides is 2. The predicted molar refractivity (Wildman–Crippen MR) is 108 cm³/mol. The average molecular weight is 374 g/mol. The summed E-state index contributed by atoms with van der Waals surface area (Å²) in [6, 6.07) is 13.4. The number of pyridine rings is 2. The number of hydrogen-bond donors (Lipinski definition) is 2. The second-order valence-corrected chi connectivity index (χ2v) is 6.77. The number of carbonyl (C=O) groups is 1. The zero-order chi connectivity index (χ0) is 18.6. The molecule has 0 saturated heterocycles. The van der Waals surface area contributed by atoms with Gasteiger partial charge in [-0.25, -0.2) is 9.78 Å². The summed E-state index contributed by atoms with van der Waals surface area (Å²) >= 11 is 1.43. The number of aromatic nitrogens is 3. The molecule has 0 fully saturated rings. The van der Waals surface area contributed by atoms with E-state index in [9.17, 15) is 4.79 Å². The molecule has 0 aliphatic heterocycles. The third-order valence-corrected chi connectivity index (χ3v) is 4.96. The van der Waals surface area contributed by atoms with Crippen molar-refractivity contribution in [1.82, 2.24) is 20.3 Å². The molecule has 0 spiro atoms. The van der Waals surface area contributed by atoms with E-state index < -0.39 is 0 Å². The van der Waals surface area contributed by atoms with E-state index in [1.807, 2.05) is 37.3 Å². The third-order valence-electron chi connectivity index (χ3n) is 3.94. The lowest BCUT2D eigenvalue weighted by Gasteiger charge is -2.06. The summed E-state index contributed by atoms with van der Waals surface area (Å²) in [5.74, 6) is 0. The number of urea groups is 1. The summed E-state index contributed by atoms with van der Waals surface area (Å²) in [5, 5.41) is 6.05. The highest BCUT2D eigenvalue weighted by molar-refractivity contribution is 7.22. The number of rotatable bonds is 4. The van der Waals surface area contributed by atoms with Gasteiger partial charge < -0.3 is 5.32 Å². The lowest BCUT2D eigenvalue weighted by Crippen LogP contribution is -2.28. The van der Waals surface area contributed by atoms with Crippen LogP contribution in [0.25, 0.3) is 32.6 Å². The fraction of sp³-hybridized carbons (Fsp3) is 0.100. The van der Waals surface area contributed by atoms with E-state index >= 15 is 0 Å². The topological polar surface area (TPSA) is 79.8 Å². The molecule has 27 heavy (non-hydrogen) atoms. The number of anilines is 1. The minimum Gasteiger partial charge on any atom is -0.338 e. The van der Waals surface area contributed by atoms with E-state index in [1.165, 1.54) is 11.3 Å². The van der Waals surface area contributed by atoms with Crippen LogP contribution in [0.2, 0.25) is 0 Å². The van der Waals surface area contributed by atoms with Gasteiger partial charge in [0.15, 0.2) is 5.13 Å². The van der Waals surface area contributed by atoms with Crippen LogP contribution in [0.1, 0.15) is 6.92 Å². The van der Waals surface area contributed by atoms with E-state index in [0.29, 0.717) is 11.7 Å². The number of nitrogens with one attached hydrogen (secondary N) is 2. The van der Waals surface area contributed by atoms with Crippen LogP contribution in [0.5, 0.6) is 0 Å². The molecular formula is C20H16N5OS. The van der Waals surface area contributed by atoms with Crippen LogP contribution in [0, 0.1) is 6.20 Å². The molecule has 3 heterocycles. The quantitative estimate of drug-likeness (QED) is 0.556. The summed E-state index contributed by atoms with van der Waals surface area (Å²) in [5.41, 5.74) is 4.58. The summed E-state index contributed by atoms with van der Waals surface area (Å²) in [7, 11) is 0. The molecule has 3 aromatic heterocycles. The monoisotopic (exact) mass is 374 g/mol. The number of benzene rings is 1. The predicted octanol–water partition coefficient (Wildman–Crippen LogP) is 4.36. The van der Waals surface area contributed by atoms with Crippen LogP contribution >= 0.6 is 11.3 Å². The Bertz CT molecular complexity index is 1080. The largest absolute Gasteiger partial charge is 0.338 e. The molecule has 4 rings (SSSR count). The molecule has 1 aromatic carbocycles. The van der Waals surface area contributed by atoms with Gasteiger partial charge in [0.2, 0.25) is 0 Å². The Kier molecular flexibility index (Phi) is 4.76. The summed E-state index contributed by atoms with van der Waals surface area (Å²) in [6.07, 6.45) is 6.33. The molecule has 2 N–H and O–H groups in total. The highest BCUT2D eigenvalue weighted by atomic mass is 32.1. The van der Waals surface area contributed by atoms with Gasteiger partial charge in [0.1, 0.15) is 0 Å². The lowest BCUT2D eigenvalue weighted by atomic mass is 10.0. The Hall–Kier alpha value is -3.32. The molecule has 0 atom stereocenters. The van der Waals surface area contributed by atoms with Gasteiger partial charge >= 0.3 is 6.03 Å². The minimum atomic E-state index is -0.265. The van der Waals surface area contributed by atoms with Crippen molar-refractivity contribution in [1.29, 1.82) is 0 Å². The van der Waals surface area contributed by atoms with Gasteiger partial charge in [0.25, 0.3) is 0 Å². The van der Waals surface area contributed by atoms with Crippen molar-refractivity contribution in [3.05, 3.63) is 61.1 Å². The molecule has 0 aliphatic carbocycles. The standard InChI is InChI=1S/C20H16N5OS/c1-2-22-19(26)25-20-24-17-11-14(13-6-5-8-21-12-13)10-15(18(17)27-20)16-7-3-4-9-23-16/h3-7,9-12H,2H2,1H3,(H2,22,24,25,26). The smallest absolute Gasteiger partial charge is 0.321 e. The molecule has 7 heteroatoms. The van der Waals surface area contributed by atoms with Crippen LogP contribution < -0.4 is 10.6 Å². The first-order valence-corrected chi connectivity index (χ1v) is 9.29. The lowest BCUT2D eigenvalue weighted by molar-refractivity contribution is 0.252. The van der Waals surface area contributed by atoms with Crippen molar-refractivity contribution < 1.29 is 4.79 Å². The Morgan fingerprint density at radius 1 is 1.22 bits per heavy atom. The van der Waals surface area contributed by atoms with Crippen LogP contribution in [0.3, 0.4) is 0 Å². The number of hydrogen-bond acceptors (Lipinski definition) is 5. The van der Waals surface area contributed by atoms with Crippen LogP contribution in [0.15, 0.2) is 54.9 Å². The molecule has 4 aromatic rings. The molecule has 2 amide bonds.